The third kappa shape index (κ3) is 3.09. The third-order valence-electron chi connectivity index (χ3n) is 4.68. The van der Waals surface area contributed by atoms with Gasteiger partial charge in [0, 0.05) is 37.8 Å². The first-order valence-corrected chi connectivity index (χ1v) is 7.73. The van der Waals surface area contributed by atoms with Crippen LogP contribution in [0.25, 0.3) is 0 Å². The molecule has 2 aliphatic rings. The van der Waals surface area contributed by atoms with Crippen molar-refractivity contribution in [1.29, 1.82) is 5.41 Å². The van der Waals surface area contributed by atoms with Crippen molar-refractivity contribution in [2.24, 2.45) is 5.73 Å². The summed E-state index contributed by atoms with van der Waals surface area (Å²) < 4.78 is 14.4. The van der Waals surface area contributed by atoms with Crippen LogP contribution in [0.4, 0.5) is 4.39 Å². The Balaban J connectivity index is 1.69. The van der Waals surface area contributed by atoms with Gasteiger partial charge in [0.1, 0.15) is 11.7 Å². The molecule has 1 atom stereocenters. The van der Waals surface area contributed by atoms with E-state index in [1.54, 1.807) is 18.2 Å². The van der Waals surface area contributed by atoms with E-state index in [9.17, 15) is 4.39 Å². The van der Waals surface area contributed by atoms with E-state index in [0.29, 0.717) is 18.2 Å². The number of fused-ring (bicyclic) bond motifs is 1. The van der Waals surface area contributed by atoms with E-state index in [4.69, 9.17) is 11.1 Å². The summed E-state index contributed by atoms with van der Waals surface area (Å²) in [6.45, 7) is 4.91. The summed E-state index contributed by atoms with van der Waals surface area (Å²) in [6, 6.07) is 5.79. The highest BCUT2D eigenvalue weighted by molar-refractivity contribution is 5.95. The lowest BCUT2D eigenvalue weighted by atomic mass is 9.99. The second-order valence-electron chi connectivity index (χ2n) is 6.11. The number of amidine groups is 1. The summed E-state index contributed by atoms with van der Waals surface area (Å²) >= 11 is 0. The molecule has 1 aromatic rings. The van der Waals surface area contributed by atoms with Gasteiger partial charge in [-0.1, -0.05) is 18.6 Å². The van der Waals surface area contributed by atoms with E-state index >= 15 is 0 Å². The van der Waals surface area contributed by atoms with Gasteiger partial charge in [-0.05, 0) is 25.5 Å². The van der Waals surface area contributed by atoms with Gasteiger partial charge in [-0.3, -0.25) is 15.2 Å². The van der Waals surface area contributed by atoms with Crippen molar-refractivity contribution in [3.05, 3.63) is 35.1 Å². The van der Waals surface area contributed by atoms with Crippen LogP contribution in [0.1, 0.15) is 30.4 Å². The monoisotopic (exact) mass is 290 g/mol. The lowest BCUT2D eigenvalue weighted by Gasteiger charge is -2.44. The van der Waals surface area contributed by atoms with Gasteiger partial charge >= 0.3 is 0 Å². The van der Waals surface area contributed by atoms with Crippen LogP contribution < -0.4 is 5.73 Å². The molecule has 0 aromatic heterocycles. The van der Waals surface area contributed by atoms with Crippen LogP contribution in [0.2, 0.25) is 0 Å². The highest BCUT2D eigenvalue weighted by Crippen LogP contribution is 2.23. The topological polar surface area (TPSA) is 56.4 Å². The van der Waals surface area contributed by atoms with Crippen molar-refractivity contribution in [1.82, 2.24) is 9.80 Å². The SMILES string of the molecule is N=C(N)c1cccc(CN2CCN3CCCCC3C2)c1F. The molecule has 114 valence electrons. The Morgan fingerprint density at radius 3 is 2.95 bits per heavy atom. The number of rotatable bonds is 3. The number of nitrogens with zero attached hydrogens (tertiary/aromatic N) is 2. The number of halogens is 1. The average Bonchev–Trinajstić information content (AvgIpc) is 2.49. The molecule has 0 radical (unpaired) electrons. The van der Waals surface area contributed by atoms with Crippen LogP contribution in [-0.2, 0) is 6.54 Å². The fourth-order valence-electron chi connectivity index (χ4n) is 3.51. The van der Waals surface area contributed by atoms with Gasteiger partial charge < -0.3 is 5.73 Å². The first-order valence-electron chi connectivity index (χ1n) is 7.73. The fraction of sp³-hybridized carbons (Fsp3) is 0.562. The Morgan fingerprint density at radius 2 is 2.14 bits per heavy atom. The maximum atomic E-state index is 14.4. The predicted molar refractivity (Wildman–Crippen MR) is 81.9 cm³/mol. The normalized spacial score (nSPS) is 23.8. The van der Waals surface area contributed by atoms with Gasteiger partial charge in [0.25, 0.3) is 0 Å². The number of piperidine rings is 1. The molecule has 2 heterocycles. The van der Waals surface area contributed by atoms with Gasteiger partial charge in [0.05, 0.1) is 5.56 Å². The second-order valence-corrected chi connectivity index (χ2v) is 6.11. The molecule has 0 saturated carbocycles. The standard InChI is InChI=1S/C16H23FN4/c17-15-12(4-3-6-14(15)16(18)19)10-20-8-9-21-7-2-1-5-13(21)11-20/h3-4,6,13H,1-2,5,7-11H2,(H3,18,19). The molecular formula is C16H23FN4. The van der Waals surface area contributed by atoms with Crippen molar-refractivity contribution < 1.29 is 4.39 Å². The summed E-state index contributed by atoms with van der Waals surface area (Å²) in [7, 11) is 0. The summed E-state index contributed by atoms with van der Waals surface area (Å²) in [6.07, 6.45) is 3.88. The molecule has 3 N–H and O–H groups in total. The van der Waals surface area contributed by atoms with Crippen molar-refractivity contribution >= 4 is 5.84 Å². The van der Waals surface area contributed by atoms with Crippen LogP contribution in [0.15, 0.2) is 18.2 Å². The molecule has 1 unspecified atom stereocenters. The number of hydrogen-bond donors (Lipinski definition) is 2. The van der Waals surface area contributed by atoms with Crippen LogP contribution in [0.5, 0.6) is 0 Å². The molecule has 0 spiro atoms. The number of hydrogen-bond acceptors (Lipinski definition) is 3. The minimum atomic E-state index is -0.337. The van der Waals surface area contributed by atoms with E-state index in [0.717, 1.165) is 19.6 Å². The molecule has 2 aliphatic heterocycles. The minimum absolute atomic E-state index is 0.202. The molecule has 4 nitrogen and oxygen atoms in total. The quantitative estimate of drug-likeness (QED) is 0.659. The zero-order valence-corrected chi connectivity index (χ0v) is 12.3. The van der Waals surface area contributed by atoms with Crippen molar-refractivity contribution in [3.63, 3.8) is 0 Å². The minimum Gasteiger partial charge on any atom is -0.384 e. The van der Waals surface area contributed by atoms with E-state index in [1.807, 2.05) is 0 Å². The van der Waals surface area contributed by atoms with E-state index < -0.39 is 0 Å². The van der Waals surface area contributed by atoms with Gasteiger partial charge in [-0.25, -0.2) is 4.39 Å². The molecule has 21 heavy (non-hydrogen) atoms. The van der Waals surface area contributed by atoms with E-state index in [-0.39, 0.29) is 17.2 Å². The van der Waals surface area contributed by atoms with Crippen LogP contribution in [0.3, 0.4) is 0 Å². The third-order valence-corrected chi connectivity index (χ3v) is 4.68. The van der Waals surface area contributed by atoms with Crippen molar-refractivity contribution in [2.45, 2.75) is 31.8 Å². The largest absolute Gasteiger partial charge is 0.384 e. The van der Waals surface area contributed by atoms with Gasteiger partial charge in [0.2, 0.25) is 0 Å². The van der Waals surface area contributed by atoms with Crippen LogP contribution in [-0.4, -0.2) is 47.9 Å². The molecule has 3 rings (SSSR count). The lowest BCUT2D eigenvalue weighted by Crippen LogP contribution is -2.54. The molecule has 0 aliphatic carbocycles. The first-order chi connectivity index (χ1) is 10.1. The van der Waals surface area contributed by atoms with Crippen molar-refractivity contribution in [2.75, 3.05) is 26.2 Å². The second kappa shape index (κ2) is 6.12. The fourth-order valence-corrected chi connectivity index (χ4v) is 3.51. The number of piperazine rings is 1. The predicted octanol–water partition coefficient (Wildman–Crippen LogP) is 1.78. The number of nitrogens with two attached hydrogens (primary N) is 1. The smallest absolute Gasteiger partial charge is 0.138 e. The van der Waals surface area contributed by atoms with Gasteiger partial charge in [-0.15, -0.1) is 0 Å². The molecular weight excluding hydrogens is 267 g/mol. The zero-order valence-electron chi connectivity index (χ0n) is 12.3. The molecule has 0 bridgehead atoms. The summed E-state index contributed by atoms with van der Waals surface area (Å²) in [5, 5.41) is 7.43. The Labute approximate surface area is 125 Å². The molecule has 2 saturated heterocycles. The average molecular weight is 290 g/mol. The molecule has 5 heteroatoms. The maximum Gasteiger partial charge on any atom is 0.138 e. The summed E-state index contributed by atoms with van der Waals surface area (Å²) in [5.41, 5.74) is 6.28. The maximum absolute atomic E-state index is 14.4. The van der Waals surface area contributed by atoms with E-state index in [2.05, 4.69) is 9.80 Å². The molecule has 0 amide bonds. The number of nitrogens with one attached hydrogen (secondary N) is 1. The Morgan fingerprint density at radius 1 is 1.29 bits per heavy atom. The van der Waals surface area contributed by atoms with Crippen LogP contribution >= 0.6 is 0 Å². The van der Waals surface area contributed by atoms with Gasteiger partial charge in [0.15, 0.2) is 0 Å². The first kappa shape index (κ1) is 14.5. The highest BCUT2D eigenvalue weighted by atomic mass is 19.1. The van der Waals surface area contributed by atoms with Gasteiger partial charge in [-0.2, -0.15) is 0 Å². The van der Waals surface area contributed by atoms with Crippen LogP contribution in [0, 0.1) is 11.2 Å². The number of benzene rings is 1. The number of nitrogen functional groups attached to an aromatic ring is 1. The van der Waals surface area contributed by atoms with E-state index in [1.165, 1.54) is 25.8 Å². The Bertz CT molecular complexity index is 531. The summed E-state index contributed by atoms with van der Waals surface area (Å²) in [4.78, 5) is 4.90. The van der Waals surface area contributed by atoms with Crippen molar-refractivity contribution in [3.8, 4) is 0 Å². The molecule has 1 aromatic carbocycles. The zero-order chi connectivity index (χ0) is 14.8. The Hall–Kier alpha value is -1.46. The lowest BCUT2D eigenvalue weighted by molar-refractivity contribution is 0.0452. The highest BCUT2D eigenvalue weighted by Gasteiger charge is 2.29. The summed E-state index contributed by atoms with van der Waals surface area (Å²) in [5.74, 6) is -0.539. The molecule has 2 fully saturated rings. The Kier molecular flexibility index (Phi) is 4.22.